The van der Waals surface area contributed by atoms with Crippen LogP contribution in [0.25, 0.3) is 0 Å². The average molecular weight is 158 g/mol. The Morgan fingerprint density at radius 3 is 2.36 bits per heavy atom. The van der Waals surface area contributed by atoms with E-state index in [2.05, 4.69) is 0 Å². The zero-order valence-electron chi connectivity index (χ0n) is 7.63. The van der Waals surface area contributed by atoms with Crippen LogP contribution in [0.1, 0.15) is 40.0 Å². The molecule has 0 rings (SSSR count). The highest BCUT2D eigenvalue weighted by Crippen LogP contribution is 2.08. The van der Waals surface area contributed by atoms with E-state index in [4.69, 9.17) is 0 Å². The van der Waals surface area contributed by atoms with Crippen molar-refractivity contribution in [1.82, 2.24) is 0 Å². The highest BCUT2D eigenvalue weighted by Gasteiger charge is 2.10. The van der Waals surface area contributed by atoms with E-state index in [0.29, 0.717) is 19.3 Å². The molecule has 0 aliphatic heterocycles. The van der Waals surface area contributed by atoms with Crippen molar-refractivity contribution in [1.29, 1.82) is 0 Å². The van der Waals surface area contributed by atoms with Gasteiger partial charge in [-0.15, -0.1) is 0 Å². The molecule has 1 unspecified atom stereocenters. The molecule has 1 N–H and O–H groups in total. The molecule has 0 aromatic carbocycles. The molecule has 0 spiro atoms. The molecule has 66 valence electrons. The van der Waals surface area contributed by atoms with Crippen molar-refractivity contribution in [3.63, 3.8) is 0 Å². The minimum atomic E-state index is -0.314. The molecule has 0 aromatic rings. The Balaban J connectivity index is 3.45. The van der Waals surface area contributed by atoms with Gasteiger partial charge in [0, 0.05) is 12.8 Å². The van der Waals surface area contributed by atoms with Gasteiger partial charge in [-0.3, -0.25) is 4.79 Å². The molecule has 0 heterocycles. The van der Waals surface area contributed by atoms with Gasteiger partial charge in [-0.2, -0.15) is 0 Å². The lowest BCUT2D eigenvalue weighted by atomic mass is 10.0. The molecule has 0 aliphatic carbocycles. The van der Waals surface area contributed by atoms with E-state index in [-0.39, 0.29) is 17.8 Å². The van der Waals surface area contributed by atoms with Crippen LogP contribution in [0.3, 0.4) is 0 Å². The lowest BCUT2D eigenvalue weighted by Gasteiger charge is -2.12. The van der Waals surface area contributed by atoms with Crippen molar-refractivity contribution in [3.05, 3.63) is 0 Å². The first-order valence-electron chi connectivity index (χ1n) is 4.27. The van der Waals surface area contributed by atoms with E-state index in [1.165, 1.54) is 0 Å². The van der Waals surface area contributed by atoms with Gasteiger partial charge in [0.1, 0.15) is 5.78 Å². The average Bonchev–Trinajstić information content (AvgIpc) is 1.99. The molecule has 0 radical (unpaired) electrons. The summed E-state index contributed by atoms with van der Waals surface area (Å²) in [5.74, 6) is 0.504. The number of carbonyl (C=O) groups is 1. The maximum atomic E-state index is 10.8. The Morgan fingerprint density at radius 2 is 2.00 bits per heavy atom. The molecular formula is C9H18O2. The summed E-state index contributed by atoms with van der Waals surface area (Å²) in [7, 11) is 0. The smallest absolute Gasteiger partial charge is 0.132 e. The minimum absolute atomic E-state index is 0.240. The normalized spacial score (nSPS) is 13.5. The van der Waals surface area contributed by atoms with E-state index in [9.17, 15) is 9.90 Å². The molecule has 0 amide bonds. The first-order valence-corrected chi connectivity index (χ1v) is 4.27. The summed E-state index contributed by atoms with van der Waals surface area (Å²) in [6, 6.07) is 0. The summed E-state index contributed by atoms with van der Waals surface area (Å²) in [5, 5.41) is 9.32. The highest BCUT2D eigenvalue weighted by atomic mass is 16.3. The fourth-order valence-electron chi connectivity index (χ4n) is 0.819. The highest BCUT2D eigenvalue weighted by molar-refractivity contribution is 5.77. The second kappa shape index (κ2) is 5.30. The Labute approximate surface area is 68.6 Å². The number of hydrogen-bond acceptors (Lipinski definition) is 2. The van der Waals surface area contributed by atoms with E-state index in [1.54, 1.807) is 0 Å². The van der Waals surface area contributed by atoms with Crippen LogP contribution in [-0.2, 0) is 4.79 Å². The second-order valence-corrected chi connectivity index (χ2v) is 3.24. The van der Waals surface area contributed by atoms with Crippen LogP contribution >= 0.6 is 0 Å². The molecule has 0 aliphatic rings. The van der Waals surface area contributed by atoms with Crippen LogP contribution in [0.5, 0.6) is 0 Å². The van der Waals surface area contributed by atoms with Crippen molar-refractivity contribution in [3.8, 4) is 0 Å². The molecule has 0 bridgehead atoms. The first kappa shape index (κ1) is 10.6. The summed E-state index contributed by atoms with van der Waals surface area (Å²) in [6.07, 6.45) is 1.41. The zero-order valence-corrected chi connectivity index (χ0v) is 7.63. The molecule has 0 fully saturated rings. The molecule has 1 atom stereocenters. The van der Waals surface area contributed by atoms with Crippen molar-refractivity contribution in [2.24, 2.45) is 5.92 Å². The molecule has 2 nitrogen and oxygen atoms in total. The van der Waals surface area contributed by atoms with Gasteiger partial charge in [-0.25, -0.2) is 0 Å². The van der Waals surface area contributed by atoms with E-state index in [0.717, 1.165) is 0 Å². The third kappa shape index (κ3) is 4.96. The van der Waals surface area contributed by atoms with Gasteiger partial charge in [0.25, 0.3) is 0 Å². The molecule has 0 saturated carbocycles. The van der Waals surface area contributed by atoms with Gasteiger partial charge in [0.05, 0.1) is 6.10 Å². The van der Waals surface area contributed by atoms with Crippen molar-refractivity contribution in [2.45, 2.75) is 46.1 Å². The van der Waals surface area contributed by atoms with Crippen LogP contribution in [0, 0.1) is 5.92 Å². The molecule has 0 saturated heterocycles. The lowest BCUT2D eigenvalue weighted by molar-refractivity contribution is -0.119. The van der Waals surface area contributed by atoms with Crippen molar-refractivity contribution < 1.29 is 9.90 Å². The number of aliphatic hydroxyl groups is 1. The van der Waals surface area contributed by atoms with Gasteiger partial charge < -0.3 is 5.11 Å². The Bertz CT molecular complexity index is 119. The quantitative estimate of drug-likeness (QED) is 0.662. The van der Waals surface area contributed by atoms with Crippen LogP contribution in [0.2, 0.25) is 0 Å². The van der Waals surface area contributed by atoms with Crippen LogP contribution in [0.4, 0.5) is 0 Å². The van der Waals surface area contributed by atoms with Gasteiger partial charge in [0.2, 0.25) is 0 Å². The summed E-state index contributed by atoms with van der Waals surface area (Å²) in [6.45, 7) is 5.77. The number of aliphatic hydroxyl groups excluding tert-OH is 1. The summed E-state index contributed by atoms with van der Waals surface area (Å²) in [4.78, 5) is 10.8. The third-order valence-electron chi connectivity index (χ3n) is 1.88. The summed E-state index contributed by atoms with van der Waals surface area (Å²) >= 11 is 0. The Hall–Kier alpha value is -0.370. The fraction of sp³-hybridized carbons (Fsp3) is 0.889. The number of ketones is 1. The maximum absolute atomic E-state index is 10.8. The fourth-order valence-corrected chi connectivity index (χ4v) is 0.819. The van der Waals surface area contributed by atoms with Crippen molar-refractivity contribution >= 4 is 5.78 Å². The second-order valence-electron chi connectivity index (χ2n) is 3.24. The van der Waals surface area contributed by atoms with Gasteiger partial charge in [0.15, 0.2) is 0 Å². The first-order chi connectivity index (χ1) is 5.07. The molecule has 0 aromatic heterocycles. The van der Waals surface area contributed by atoms with Crippen LogP contribution in [0.15, 0.2) is 0 Å². The third-order valence-corrected chi connectivity index (χ3v) is 1.88. The number of carbonyl (C=O) groups excluding carboxylic acids is 1. The zero-order chi connectivity index (χ0) is 8.85. The van der Waals surface area contributed by atoms with Gasteiger partial charge in [-0.1, -0.05) is 20.8 Å². The maximum Gasteiger partial charge on any atom is 0.132 e. The minimum Gasteiger partial charge on any atom is -0.393 e. The SMILES string of the molecule is CCC(=O)CCC(O)C(C)C. The van der Waals surface area contributed by atoms with Gasteiger partial charge in [-0.05, 0) is 12.3 Å². The molecular weight excluding hydrogens is 140 g/mol. The predicted octanol–water partition coefficient (Wildman–Crippen LogP) is 1.76. The lowest BCUT2D eigenvalue weighted by Crippen LogP contribution is -2.15. The molecule has 11 heavy (non-hydrogen) atoms. The van der Waals surface area contributed by atoms with Crippen LogP contribution in [-0.4, -0.2) is 17.0 Å². The Kier molecular flexibility index (Phi) is 5.12. The summed E-state index contributed by atoms with van der Waals surface area (Å²) in [5.41, 5.74) is 0. The number of hydrogen-bond donors (Lipinski definition) is 1. The number of Topliss-reactive ketones (excluding diaryl/α,β-unsaturated/α-hetero) is 1. The summed E-state index contributed by atoms with van der Waals surface area (Å²) < 4.78 is 0. The van der Waals surface area contributed by atoms with Gasteiger partial charge >= 0.3 is 0 Å². The predicted molar refractivity (Wildman–Crippen MR) is 45.4 cm³/mol. The largest absolute Gasteiger partial charge is 0.393 e. The monoisotopic (exact) mass is 158 g/mol. The van der Waals surface area contributed by atoms with Crippen molar-refractivity contribution in [2.75, 3.05) is 0 Å². The van der Waals surface area contributed by atoms with E-state index >= 15 is 0 Å². The van der Waals surface area contributed by atoms with E-state index in [1.807, 2.05) is 20.8 Å². The topological polar surface area (TPSA) is 37.3 Å². The Morgan fingerprint density at radius 1 is 1.45 bits per heavy atom. The van der Waals surface area contributed by atoms with Crippen LogP contribution < -0.4 is 0 Å². The standard InChI is InChI=1S/C9H18O2/c1-4-8(10)5-6-9(11)7(2)3/h7,9,11H,4-6H2,1-3H3. The number of rotatable bonds is 5. The molecule has 2 heteroatoms. The van der Waals surface area contributed by atoms with E-state index < -0.39 is 0 Å².